The number of aromatic nitrogens is 1. The van der Waals surface area contributed by atoms with Crippen molar-refractivity contribution in [3.05, 3.63) is 69.6 Å². The highest BCUT2D eigenvalue weighted by Crippen LogP contribution is 2.17. The normalized spacial score (nSPS) is 12.4. The highest BCUT2D eigenvalue weighted by molar-refractivity contribution is 5.22. The molecule has 1 unspecified atom stereocenters. The highest BCUT2D eigenvalue weighted by Gasteiger charge is 2.13. The lowest BCUT2D eigenvalue weighted by molar-refractivity contribution is 0.514. The Bertz CT molecular complexity index is 652. The van der Waals surface area contributed by atoms with Gasteiger partial charge in [-0.3, -0.25) is 4.79 Å². The molecule has 100 valence electrons. The average molecular weight is 264 g/mol. The van der Waals surface area contributed by atoms with Crippen LogP contribution in [-0.2, 0) is 6.54 Å². The Labute approximate surface area is 109 Å². The lowest BCUT2D eigenvalue weighted by Crippen LogP contribution is -2.27. The van der Waals surface area contributed by atoms with Crippen LogP contribution in [0.1, 0.15) is 17.2 Å². The van der Waals surface area contributed by atoms with Crippen LogP contribution in [0.25, 0.3) is 0 Å². The minimum Gasteiger partial charge on any atom is -0.322 e. The second-order valence-corrected chi connectivity index (χ2v) is 4.42. The second kappa shape index (κ2) is 5.32. The monoisotopic (exact) mass is 264 g/mol. The summed E-state index contributed by atoms with van der Waals surface area (Å²) >= 11 is 0. The van der Waals surface area contributed by atoms with Crippen LogP contribution in [0.5, 0.6) is 0 Å². The van der Waals surface area contributed by atoms with Gasteiger partial charge in [-0.1, -0.05) is 12.1 Å². The number of nitrogens with zero attached hydrogens (tertiary/aromatic N) is 1. The molecule has 5 heteroatoms. The van der Waals surface area contributed by atoms with Crippen molar-refractivity contribution >= 4 is 0 Å². The van der Waals surface area contributed by atoms with Gasteiger partial charge in [-0.15, -0.1) is 0 Å². The third-order valence-corrected chi connectivity index (χ3v) is 2.97. The molecule has 2 N–H and O–H groups in total. The molecule has 0 aliphatic heterocycles. The Balaban J connectivity index is 2.28. The van der Waals surface area contributed by atoms with Gasteiger partial charge in [0.05, 0.1) is 6.04 Å². The highest BCUT2D eigenvalue weighted by atomic mass is 19.1. The molecular formula is C14H14F2N2O. The molecule has 1 heterocycles. The van der Waals surface area contributed by atoms with Gasteiger partial charge in [-0.2, -0.15) is 0 Å². The van der Waals surface area contributed by atoms with E-state index < -0.39 is 17.7 Å². The Morgan fingerprint density at radius 1 is 1.32 bits per heavy atom. The van der Waals surface area contributed by atoms with Crippen molar-refractivity contribution in [1.29, 1.82) is 0 Å². The Hall–Kier alpha value is -2.01. The van der Waals surface area contributed by atoms with Gasteiger partial charge in [0.15, 0.2) is 0 Å². The quantitative estimate of drug-likeness (QED) is 0.923. The maximum Gasteiger partial charge on any atom is 0.253 e. The lowest BCUT2D eigenvalue weighted by atomic mass is 10.1. The SMILES string of the molecule is Cc1cccn(CC(N)c2ccc(F)cc2F)c1=O. The van der Waals surface area contributed by atoms with E-state index in [-0.39, 0.29) is 17.7 Å². The summed E-state index contributed by atoms with van der Waals surface area (Å²) in [6.07, 6.45) is 1.59. The van der Waals surface area contributed by atoms with E-state index in [0.717, 1.165) is 12.1 Å². The van der Waals surface area contributed by atoms with E-state index in [1.54, 1.807) is 25.3 Å². The zero-order chi connectivity index (χ0) is 14.0. The third kappa shape index (κ3) is 2.88. The number of aryl methyl sites for hydroxylation is 1. The minimum absolute atomic E-state index is 0.142. The summed E-state index contributed by atoms with van der Waals surface area (Å²) in [4.78, 5) is 11.8. The van der Waals surface area contributed by atoms with Crippen molar-refractivity contribution in [2.45, 2.75) is 19.5 Å². The molecule has 1 aromatic carbocycles. The van der Waals surface area contributed by atoms with Gasteiger partial charge in [-0.25, -0.2) is 8.78 Å². The molecule has 0 radical (unpaired) electrons. The summed E-state index contributed by atoms with van der Waals surface area (Å²) in [6.45, 7) is 1.84. The van der Waals surface area contributed by atoms with Crippen molar-refractivity contribution in [2.75, 3.05) is 0 Å². The smallest absolute Gasteiger partial charge is 0.253 e. The topological polar surface area (TPSA) is 48.0 Å². The van der Waals surface area contributed by atoms with Gasteiger partial charge in [0.2, 0.25) is 0 Å². The molecule has 0 saturated heterocycles. The zero-order valence-electron chi connectivity index (χ0n) is 10.4. The summed E-state index contributed by atoms with van der Waals surface area (Å²) in [6, 6.07) is 5.95. The number of hydrogen-bond acceptors (Lipinski definition) is 2. The van der Waals surface area contributed by atoms with Crippen LogP contribution >= 0.6 is 0 Å². The average Bonchev–Trinajstić information content (AvgIpc) is 2.34. The first-order valence-electron chi connectivity index (χ1n) is 5.85. The van der Waals surface area contributed by atoms with Crippen LogP contribution in [-0.4, -0.2) is 4.57 Å². The fourth-order valence-electron chi connectivity index (χ4n) is 1.91. The minimum atomic E-state index is -0.708. The van der Waals surface area contributed by atoms with E-state index in [9.17, 15) is 13.6 Å². The molecule has 1 atom stereocenters. The first-order valence-corrected chi connectivity index (χ1v) is 5.85. The number of benzene rings is 1. The lowest BCUT2D eigenvalue weighted by Gasteiger charge is -2.15. The maximum atomic E-state index is 13.6. The van der Waals surface area contributed by atoms with Crippen LogP contribution in [0.4, 0.5) is 8.78 Å². The van der Waals surface area contributed by atoms with Crippen molar-refractivity contribution in [3.63, 3.8) is 0 Å². The molecule has 0 amide bonds. The number of nitrogens with two attached hydrogens (primary N) is 1. The van der Waals surface area contributed by atoms with E-state index >= 15 is 0 Å². The van der Waals surface area contributed by atoms with Crippen LogP contribution in [0, 0.1) is 18.6 Å². The Morgan fingerprint density at radius 3 is 2.74 bits per heavy atom. The molecule has 0 saturated carbocycles. The zero-order valence-corrected chi connectivity index (χ0v) is 10.4. The van der Waals surface area contributed by atoms with E-state index in [2.05, 4.69) is 0 Å². The molecule has 0 spiro atoms. The van der Waals surface area contributed by atoms with Gasteiger partial charge >= 0.3 is 0 Å². The predicted molar refractivity (Wildman–Crippen MR) is 68.7 cm³/mol. The van der Waals surface area contributed by atoms with E-state index in [1.807, 2.05) is 0 Å². The summed E-state index contributed by atoms with van der Waals surface area (Å²) in [5, 5.41) is 0. The van der Waals surface area contributed by atoms with Crippen LogP contribution in [0.15, 0.2) is 41.3 Å². The number of halogens is 2. The van der Waals surface area contributed by atoms with E-state index in [0.29, 0.717) is 5.56 Å². The fraction of sp³-hybridized carbons (Fsp3) is 0.214. The summed E-state index contributed by atoms with van der Waals surface area (Å²) in [5.41, 5.74) is 6.49. The molecular weight excluding hydrogens is 250 g/mol. The first kappa shape index (κ1) is 13.4. The standard InChI is InChI=1S/C14H14F2N2O/c1-9-3-2-6-18(14(9)19)8-13(17)11-5-4-10(15)7-12(11)16/h2-7,13H,8,17H2,1H3. The third-order valence-electron chi connectivity index (χ3n) is 2.97. The molecule has 0 aliphatic rings. The molecule has 0 bridgehead atoms. The number of rotatable bonds is 3. The Kier molecular flexibility index (Phi) is 3.76. The molecule has 2 aromatic rings. The fourth-order valence-corrected chi connectivity index (χ4v) is 1.91. The van der Waals surface area contributed by atoms with Crippen molar-refractivity contribution < 1.29 is 8.78 Å². The number of hydrogen-bond donors (Lipinski definition) is 1. The van der Waals surface area contributed by atoms with Crippen LogP contribution in [0.3, 0.4) is 0 Å². The van der Waals surface area contributed by atoms with Crippen molar-refractivity contribution in [1.82, 2.24) is 4.57 Å². The molecule has 1 aromatic heterocycles. The number of pyridine rings is 1. The van der Waals surface area contributed by atoms with Crippen LogP contribution < -0.4 is 11.3 Å². The first-order chi connectivity index (χ1) is 8.99. The Morgan fingerprint density at radius 2 is 2.05 bits per heavy atom. The van der Waals surface area contributed by atoms with E-state index in [4.69, 9.17) is 5.73 Å². The van der Waals surface area contributed by atoms with Gasteiger partial charge in [0, 0.05) is 29.9 Å². The molecule has 0 fully saturated rings. The molecule has 19 heavy (non-hydrogen) atoms. The largest absolute Gasteiger partial charge is 0.322 e. The van der Waals surface area contributed by atoms with Crippen molar-refractivity contribution in [3.8, 4) is 0 Å². The summed E-state index contributed by atoms with van der Waals surface area (Å²) < 4.78 is 27.8. The second-order valence-electron chi connectivity index (χ2n) is 4.42. The van der Waals surface area contributed by atoms with Crippen molar-refractivity contribution in [2.24, 2.45) is 5.73 Å². The van der Waals surface area contributed by atoms with Crippen LogP contribution in [0.2, 0.25) is 0 Å². The summed E-state index contributed by atoms with van der Waals surface area (Å²) in [5.74, 6) is -1.35. The predicted octanol–water partition coefficient (Wildman–Crippen LogP) is 2.13. The summed E-state index contributed by atoms with van der Waals surface area (Å²) in [7, 11) is 0. The van der Waals surface area contributed by atoms with Gasteiger partial charge in [0.25, 0.3) is 5.56 Å². The molecule has 2 rings (SSSR count). The van der Waals surface area contributed by atoms with E-state index in [1.165, 1.54) is 10.6 Å². The maximum absolute atomic E-state index is 13.6. The van der Waals surface area contributed by atoms with Gasteiger partial charge in [-0.05, 0) is 19.1 Å². The van der Waals surface area contributed by atoms with Gasteiger partial charge < -0.3 is 10.3 Å². The molecule has 0 aliphatic carbocycles. The van der Waals surface area contributed by atoms with Gasteiger partial charge in [0.1, 0.15) is 11.6 Å². The molecule has 3 nitrogen and oxygen atoms in total.